The molecule has 0 bridgehead atoms. The minimum absolute atomic E-state index is 0.221. The number of aromatic nitrogens is 5. The van der Waals surface area contributed by atoms with Crippen LogP contribution in [0.25, 0.3) is 16.9 Å². The van der Waals surface area contributed by atoms with Gasteiger partial charge in [-0.1, -0.05) is 12.1 Å². The number of aryl methyl sites for hydroxylation is 1. The fraction of sp³-hybridized carbons (Fsp3) is 0.105. The highest BCUT2D eigenvalue weighted by atomic mass is 16.1. The summed E-state index contributed by atoms with van der Waals surface area (Å²) in [7, 11) is 1.88. The van der Waals surface area contributed by atoms with Crippen molar-refractivity contribution >= 4 is 11.6 Å². The van der Waals surface area contributed by atoms with Gasteiger partial charge in [-0.15, -0.1) is 0 Å². The average Bonchev–Trinajstić information content (AvgIpc) is 3.34. The minimum Gasteiger partial charge on any atom is -0.346 e. The monoisotopic (exact) mass is 357 g/mol. The molecule has 3 aromatic heterocycles. The maximum absolute atomic E-state index is 12.6. The van der Waals surface area contributed by atoms with Gasteiger partial charge in [-0.3, -0.25) is 4.79 Å². The molecule has 0 saturated carbocycles. The molecule has 8 nitrogen and oxygen atoms in total. The van der Waals surface area contributed by atoms with E-state index in [1.165, 1.54) is 6.33 Å². The number of benzene rings is 1. The molecular formula is C19H15N7O. The van der Waals surface area contributed by atoms with E-state index in [0.717, 1.165) is 17.0 Å². The van der Waals surface area contributed by atoms with Gasteiger partial charge in [0.1, 0.15) is 6.33 Å². The molecule has 132 valence electrons. The van der Waals surface area contributed by atoms with Gasteiger partial charge in [0.25, 0.3) is 5.91 Å². The number of nitrogens with zero attached hydrogens (tertiary/aromatic N) is 6. The van der Waals surface area contributed by atoms with Crippen LogP contribution in [-0.4, -0.2) is 30.1 Å². The molecule has 4 rings (SSSR count). The van der Waals surface area contributed by atoms with E-state index in [0.29, 0.717) is 23.3 Å². The van der Waals surface area contributed by atoms with Crippen LogP contribution in [0.5, 0.6) is 0 Å². The van der Waals surface area contributed by atoms with E-state index in [2.05, 4.69) is 26.5 Å². The maximum Gasteiger partial charge on any atom is 0.251 e. The third-order valence-electron chi connectivity index (χ3n) is 4.14. The highest BCUT2D eigenvalue weighted by molar-refractivity contribution is 5.96. The van der Waals surface area contributed by atoms with E-state index < -0.39 is 0 Å². The second-order valence-corrected chi connectivity index (χ2v) is 6.06. The highest BCUT2D eigenvalue weighted by Crippen LogP contribution is 2.22. The number of fused-ring (bicyclic) bond motifs is 1. The molecule has 0 unspecified atom stereocenters. The average molecular weight is 357 g/mol. The van der Waals surface area contributed by atoms with Crippen molar-refractivity contribution < 1.29 is 4.79 Å². The first-order chi connectivity index (χ1) is 13.1. The molecule has 4 aromatic rings. The molecule has 8 heteroatoms. The Balaban J connectivity index is 1.67. The lowest BCUT2D eigenvalue weighted by atomic mass is 10.1. The quantitative estimate of drug-likeness (QED) is 0.601. The fourth-order valence-corrected chi connectivity index (χ4v) is 2.81. The van der Waals surface area contributed by atoms with Crippen LogP contribution in [-0.2, 0) is 13.6 Å². The van der Waals surface area contributed by atoms with Crippen LogP contribution >= 0.6 is 0 Å². The smallest absolute Gasteiger partial charge is 0.251 e. The van der Waals surface area contributed by atoms with Crippen LogP contribution in [0.2, 0.25) is 0 Å². The zero-order valence-corrected chi connectivity index (χ0v) is 14.5. The molecule has 3 heterocycles. The van der Waals surface area contributed by atoms with Gasteiger partial charge in [-0.2, -0.15) is 10.4 Å². The van der Waals surface area contributed by atoms with E-state index in [9.17, 15) is 4.79 Å². The third-order valence-corrected chi connectivity index (χ3v) is 4.14. The van der Waals surface area contributed by atoms with Crippen molar-refractivity contribution in [2.75, 3.05) is 0 Å². The molecular weight excluding hydrogens is 342 g/mol. The molecule has 27 heavy (non-hydrogen) atoms. The van der Waals surface area contributed by atoms with Crippen molar-refractivity contribution in [3.63, 3.8) is 0 Å². The van der Waals surface area contributed by atoms with Crippen molar-refractivity contribution in [3.8, 4) is 17.3 Å². The van der Waals surface area contributed by atoms with Gasteiger partial charge in [0.15, 0.2) is 5.65 Å². The summed E-state index contributed by atoms with van der Waals surface area (Å²) >= 11 is 0. The number of nitriles is 1. The van der Waals surface area contributed by atoms with Crippen molar-refractivity contribution in [2.45, 2.75) is 6.54 Å². The summed E-state index contributed by atoms with van der Waals surface area (Å²) in [5.41, 5.74) is 3.95. The number of hydrogen-bond donors (Lipinski definition) is 1. The summed E-state index contributed by atoms with van der Waals surface area (Å²) in [6.07, 6.45) is 4.98. The Bertz CT molecular complexity index is 1160. The molecule has 0 aliphatic heterocycles. The number of amides is 1. The van der Waals surface area contributed by atoms with E-state index in [-0.39, 0.29) is 5.91 Å². The number of imidazole rings is 1. The summed E-state index contributed by atoms with van der Waals surface area (Å²) < 4.78 is 3.49. The SMILES string of the molecule is Cn1cnc(CNC(=O)c2cc(-c3ccc(C#N)cc3)n3ncnc3c2)c1. The summed E-state index contributed by atoms with van der Waals surface area (Å²) in [5, 5.41) is 16.1. The predicted molar refractivity (Wildman–Crippen MR) is 97.5 cm³/mol. The third kappa shape index (κ3) is 3.26. The van der Waals surface area contributed by atoms with Crippen LogP contribution < -0.4 is 5.32 Å². The summed E-state index contributed by atoms with van der Waals surface area (Å²) in [5.74, 6) is -0.221. The fourth-order valence-electron chi connectivity index (χ4n) is 2.81. The first kappa shape index (κ1) is 16.5. The molecule has 0 atom stereocenters. The van der Waals surface area contributed by atoms with Gasteiger partial charge >= 0.3 is 0 Å². The topological polar surface area (TPSA) is 101 Å². The van der Waals surface area contributed by atoms with Crippen LogP contribution in [0.4, 0.5) is 0 Å². The Morgan fingerprint density at radius 3 is 2.74 bits per heavy atom. The molecule has 0 spiro atoms. The normalized spacial score (nSPS) is 10.7. The Kier molecular flexibility index (Phi) is 4.10. The zero-order valence-electron chi connectivity index (χ0n) is 14.5. The Hall–Kier alpha value is -3.99. The maximum atomic E-state index is 12.6. The first-order valence-electron chi connectivity index (χ1n) is 8.23. The lowest BCUT2D eigenvalue weighted by Crippen LogP contribution is -2.23. The lowest BCUT2D eigenvalue weighted by molar-refractivity contribution is 0.0950. The summed E-state index contributed by atoms with van der Waals surface area (Å²) in [6.45, 7) is 0.337. The molecule has 1 aromatic carbocycles. The molecule has 0 aliphatic carbocycles. The number of carbonyl (C=O) groups is 1. The molecule has 0 radical (unpaired) electrons. The molecule has 1 amide bonds. The van der Waals surface area contributed by atoms with Crippen LogP contribution in [0, 0.1) is 11.3 Å². The predicted octanol–water partition coefficient (Wildman–Crippen LogP) is 1.93. The van der Waals surface area contributed by atoms with Crippen molar-refractivity contribution in [3.05, 3.63) is 72.1 Å². The van der Waals surface area contributed by atoms with E-state index in [4.69, 9.17) is 5.26 Å². The minimum atomic E-state index is -0.221. The van der Waals surface area contributed by atoms with Gasteiger partial charge in [-0.05, 0) is 24.3 Å². The Labute approximate surface area is 154 Å². The standard InChI is InChI=1S/C19H15N7O/c1-25-10-16(23-12-25)9-21-19(27)15-6-17(26-18(7-15)22-11-24-26)14-4-2-13(8-20)3-5-14/h2-7,10-12H,9H2,1H3,(H,21,27). The number of pyridine rings is 1. The number of rotatable bonds is 4. The Morgan fingerprint density at radius 2 is 2.04 bits per heavy atom. The van der Waals surface area contributed by atoms with Crippen molar-refractivity contribution in [2.24, 2.45) is 7.05 Å². The summed E-state index contributed by atoms with van der Waals surface area (Å²) in [4.78, 5) is 21.0. The van der Waals surface area contributed by atoms with E-state index in [1.807, 2.05) is 29.9 Å². The number of carbonyl (C=O) groups excluding carboxylic acids is 1. The second kappa shape index (κ2) is 6.72. The van der Waals surface area contributed by atoms with Crippen molar-refractivity contribution in [1.29, 1.82) is 5.26 Å². The van der Waals surface area contributed by atoms with E-state index >= 15 is 0 Å². The second-order valence-electron chi connectivity index (χ2n) is 6.06. The van der Waals surface area contributed by atoms with Gasteiger partial charge in [0.05, 0.1) is 35.9 Å². The van der Waals surface area contributed by atoms with Crippen LogP contribution in [0.1, 0.15) is 21.6 Å². The largest absolute Gasteiger partial charge is 0.346 e. The van der Waals surface area contributed by atoms with Gasteiger partial charge < -0.3 is 9.88 Å². The summed E-state index contributed by atoms with van der Waals surface area (Å²) in [6, 6.07) is 12.6. The van der Waals surface area contributed by atoms with E-state index in [1.54, 1.807) is 35.1 Å². The molecule has 0 aliphatic rings. The van der Waals surface area contributed by atoms with Crippen molar-refractivity contribution in [1.82, 2.24) is 29.5 Å². The highest BCUT2D eigenvalue weighted by Gasteiger charge is 2.13. The van der Waals surface area contributed by atoms with Gasteiger partial charge in [-0.25, -0.2) is 14.5 Å². The van der Waals surface area contributed by atoms with Gasteiger partial charge in [0.2, 0.25) is 0 Å². The number of nitrogens with one attached hydrogen (secondary N) is 1. The molecule has 1 N–H and O–H groups in total. The van der Waals surface area contributed by atoms with Gasteiger partial charge in [0, 0.05) is 24.4 Å². The molecule has 0 saturated heterocycles. The Morgan fingerprint density at radius 1 is 1.22 bits per heavy atom. The zero-order chi connectivity index (χ0) is 18.8. The first-order valence-corrected chi connectivity index (χ1v) is 8.23. The lowest BCUT2D eigenvalue weighted by Gasteiger charge is -2.09. The number of hydrogen-bond acceptors (Lipinski definition) is 5. The molecule has 0 fully saturated rings. The van der Waals surface area contributed by atoms with Crippen LogP contribution in [0.3, 0.4) is 0 Å². The van der Waals surface area contributed by atoms with Crippen LogP contribution in [0.15, 0.2) is 55.2 Å².